The lowest BCUT2D eigenvalue weighted by Gasteiger charge is -2.51. The molecule has 2 aromatic carbocycles. The molecule has 6 aromatic rings. The summed E-state index contributed by atoms with van der Waals surface area (Å²) in [5.41, 5.74) is 13.8. The van der Waals surface area contributed by atoms with Crippen LogP contribution in [0, 0.1) is 11.6 Å². The van der Waals surface area contributed by atoms with Crippen molar-refractivity contribution >= 4 is 11.8 Å². The molecule has 0 bridgehead atoms. The van der Waals surface area contributed by atoms with Gasteiger partial charge in [0.25, 0.3) is 11.8 Å². The third kappa shape index (κ3) is 5.54. The van der Waals surface area contributed by atoms with E-state index in [-0.39, 0.29) is 41.0 Å². The number of H-pyrrole nitrogens is 2. The van der Waals surface area contributed by atoms with E-state index in [4.69, 9.17) is 0 Å². The molecule has 2 fully saturated rings. The first-order valence-electron chi connectivity index (χ1n) is 20.3. The Hall–Kier alpha value is -6.05. The van der Waals surface area contributed by atoms with Gasteiger partial charge in [-0.3, -0.25) is 24.5 Å². The van der Waals surface area contributed by atoms with Crippen molar-refractivity contribution in [1.82, 2.24) is 40.8 Å². The van der Waals surface area contributed by atoms with Gasteiger partial charge in [0.05, 0.1) is 44.7 Å². The molecule has 12 rings (SSSR count). The highest BCUT2D eigenvalue weighted by molar-refractivity contribution is 6.02. The molecule has 0 radical (unpaired) electrons. The van der Waals surface area contributed by atoms with Crippen LogP contribution in [0.4, 0.5) is 13.2 Å². The molecule has 5 N–H and O–H groups in total. The van der Waals surface area contributed by atoms with Crippen molar-refractivity contribution in [3.05, 3.63) is 129 Å². The molecular formula is C46H41F3N8O2. The molecule has 4 aromatic heterocycles. The highest BCUT2D eigenvalue weighted by Gasteiger charge is 2.51. The minimum Gasteiger partial charge on any atom is -0.357 e. The molecule has 2 saturated heterocycles. The number of halogens is 3. The van der Waals surface area contributed by atoms with Gasteiger partial charge >= 0.3 is 0 Å². The van der Waals surface area contributed by atoms with Crippen LogP contribution in [-0.4, -0.2) is 89.1 Å². The Morgan fingerprint density at radius 1 is 0.627 bits per heavy atom. The lowest BCUT2D eigenvalue weighted by molar-refractivity contribution is 0.0473. The van der Waals surface area contributed by atoms with Crippen LogP contribution < -0.4 is 16.0 Å². The van der Waals surface area contributed by atoms with E-state index in [0.29, 0.717) is 42.1 Å². The van der Waals surface area contributed by atoms with E-state index in [2.05, 4.69) is 40.8 Å². The second kappa shape index (κ2) is 13.5. The van der Waals surface area contributed by atoms with Crippen LogP contribution in [0.1, 0.15) is 54.4 Å². The monoisotopic (exact) mass is 794 g/mol. The third-order valence-electron chi connectivity index (χ3n) is 13.4. The fourth-order valence-electron chi connectivity index (χ4n) is 10.3. The number of benzene rings is 2. The quantitative estimate of drug-likeness (QED) is 0.153. The SMILES string of the molecule is O=C1NCC2(CN(CCF)C2)c2[nH]c3c(c21)CCc1cnc(-c2ccccc2F)cc1-3.O=C1NCC2(CNC2)c2[nH]c3c(c21)CCc1cnc(-c2ccccc2F)cc1-3. The van der Waals surface area contributed by atoms with Crippen LogP contribution in [0.25, 0.3) is 45.0 Å². The number of alkyl halides is 1. The van der Waals surface area contributed by atoms with E-state index < -0.39 is 0 Å². The summed E-state index contributed by atoms with van der Waals surface area (Å²) in [6, 6.07) is 17.2. The van der Waals surface area contributed by atoms with Crippen LogP contribution in [0.2, 0.25) is 0 Å². The van der Waals surface area contributed by atoms with Crippen LogP contribution in [-0.2, 0) is 36.5 Å². The van der Waals surface area contributed by atoms with Gasteiger partial charge in [-0.05, 0) is 84.3 Å². The molecule has 6 aliphatic rings. The molecule has 10 nitrogen and oxygen atoms in total. The first kappa shape index (κ1) is 36.1. The zero-order chi connectivity index (χ0) is 40.0. The number of aromatic nitrogens is 4. The van der Waals surface area contributed by atoms with Crippen molar-refractivity contribution in [1.29, 1.82) is 0 Å². The average Bonchev–Trinajstić information content (AvgIpc) is 3.83. The van der Waals surface area contributed by atoms with E-state index in [1.807, 2.05) is 30.6 Å². The summed E-state index contributed by atoms with van der Waals surface area (Å²) >= 11 is 0. The smallest absolute Gasteiger partial charge is 0.253 e. The van der Waals surface area contributed by atoms with Crippen molar-refractivity contribution < 1.29 is 22.8 Å². The van der Waals surface area contributed by atoms with Gasteiger partial charge in [-0.15, -0.1) is 0 Å². The van der Waals surface area contributed by atoms with E-state index in [9.17, 15) is 22.8 Å². The van der Waals surface area contributed by atoms with Crippen LogP contribution in [0.3, 0.4) is 0 Å². The maximum Gasteiger partial charge on any atom is 0.253 e. The van der Waals surface area contributed by atoms with Gasteiger partial charge in [0.1, 0.15) is 18.3 Å². The summed E-state index contributed by atoms with van der Waals surface area (Å²) in [6.07, 6.45) is 6.85. The average molecular weight is 795 g/mol. The molecule has 2 aliphatic carbocycles. The van der Waals surface area contributed by atoms with Gasteiger partial charge in [-0.25, -0.2) is 13.2 Å². The summed E-state index contributed by atoms with van der Waals surface area (Å²) in [4.78, 5) is 43.8. The lowest BCUT2D eigenvalue weighted by Crippen LogP contribution is -2.66. The fraction of sp³-hybridized carbons (Fsp3) is 0.304. The van der Waals surface area contributed by atoms with E-state index in [0.717, 1.165) is 119 Å². The molecule has 8 heterocycles. The highest BCUT2D eigenvalue weighted by atomic mass is 19.1. The maximum absolute atomic E-state index is 14.4. The molecule has 298 valence electrons. The van der Waals surface area contributed by atoms with Crippen LogP contribution in [0.5, 0.6) is 0 Å². The molecular weight excluding hydrogens is 754 g/mol. The van der Waals surface area contributed by atoms with Crippen molar-refractivity contribution in [3.63, 3.8) is 0 Å². The minimum atomic E-state index is -0.365. The standard InChI is InChI=1S/C24H22F2N4O.C22H19FN4O/c25-7-8-30-12-24(13-30)11-28-23(31)20-16-6-5-14-10-27-19(15-3-1-2-4-18(15)26)9-17(14)21(16)29-22(20)24;23-16-4-2-1-3-13(16)17-7-15-12(8-25-17)5-6-14-18-20(27-19(14)15)22(9-24-10-22)11-26-21(18)28/h1-4,9-10,29H,5-8,11-13H2,(H,28,31);1-4,7-8,24,27H,5-6,9-11H2,(H,26,28). The number of aromatic amines is 2. The molecule has 4 aliphatic heterocycles. The molecule has 0 unspecified atom stereocenters. The van der Waals surface area contributed by atoms with Gasteiger partial charge in [0.15, 0.2) is 0 Å². The number of pyridine rings is 2. The maximum atomic E-state index is 14.4. The predicted molar refractivity (Wildman–Crippen MR) is 217 cm³/mol. The number of amides is 2. The fourth-order valence-corrected chi connectivity index (χ4v) is 10.3. The van der Waals surface area contributed by atoms with Gasteiger partial charge < -0.3 is 25.9 Å². The summed E-state index contributed by atoms with van der Waals surface area (Å²) in [7, 11) is 0. The predicted octanol–water partition coefficient (Wildman–Crippen LogP) is 5.81. The number of hydrogen-bond acceptors (Lipinski definition) is 6. The Bertz CT molecular complexity index is 2730. The number of fused-ring (bicyclic) bond motifs is 12. The number of carbonyl (C=O) groups is 2. The molecule has 13 heteroatoms. The zero-order valence-electron chi connectivity index (χ0n) is 32.2. The Morgan fingerprint density at radius 2 is 1.12 bits per heavy atom. The number of likely N-dealkylation sites (tertiary alicyclic amines) is 1. The van der Waals surface area contributed by atoms with Crippen LogP contribution >= 0.6 is 0 Å². The number of rotatable bonds is 4. The summed E-state index contributed by atoms with van der Waals surface area (Å²) in [6.45, 7) is 4.47. The zero-order valence-corrected chi connectivity index (χ0v) is 32.2. The first-order valence-corrected chi connectivity index (χ1v) is 20.3. The van der Waals surface area contributed by atoms with Crippen molar-refractivity contribution in [2.45, 2.75) is 36.5 Å². The molecule has 59 heavy (non-hydrogen) atoms. The van der Waals surface area contributed by atoms with Gasteiger partial charge in [-0.1, -0.05) is 24.3 Å². The van der Waals surface area contributed by atoms with Crippen molar-refractivity contribution in [2.75, 3.05) is 52.5 Å². The minimum absolute atomic E-state index is 0.0110. The van der Waals surface area contributed by atoms with Gasteiger partial charge in [0, 0.05) is 91.8 Å². The Balaban J connectivity index is 0.000000135. The number of nitrogens with one attached hydrogen (secondary N) is 5. The number of aryl methyl sites for hydroxylation is 2. The third-order valence-corrected chi connectivity index (χ3v) is 13.4. The topological polar surface area (TPSA) is 131 Å². The largest absolute Gasteiger partial charge is 0.357 e. The van der Waals surface area contributed by atoms with Gasteiger partial charge in [-0.2, -0.15) is 0 Å². The van der Waals surface area contributed by atoms with E-state index in [1.165, 1.54) is 12.1 Å². The lowest BCUT2D eigenvalue weighted by atomic mass is 9.72. The van der Waals surface area contributed by atoms with Crippen molar-refractivity contribution in [2.24, 2.45) is 0 Å². The Kier molecular flexibility index (Phi) is 8.25. The highest BCUT2D eigenvalue weighted by Crippen LogP contribution is 2.46. The summed E-state index contributed by atoms with van der Waals surface area (Å²) in [5, 5.41) is 9.47. The summed E-state index contributed by atoms with van der Waals surface area (Å²) < 4.78 is 41.4. The van der Waals surface area contributed by atoms with E-state index in [1.54, 1.807) is 30.3 Å². The first-order chi connectivity index (χ1) is 28.8. The molecule has 0 saturated carbocycles. The molecule has 2 spiro atoms. The number of nitrogens with zero attached hydrogens (tertiary/aromatic N) is 3. The molecule has 2 amide bonds. The van der Waals surface area contributed by atoms with Gasteiger partial charge in [0.2, 0.25) is 0 Å². The second-order valence-electron chi connectivity index (χ2n) is 16.8. The number of hydrogen-bond donors (Lipinski definition) is 5. The summed E-state index contributed by atoms with van der Waals surface area (Å²) in [5.74, 6) is -0.626. The van der Waals surface area contributed by atoms with Crippen LogP contribution in [0.15, 0.2) is 73.1 Å². The normalized spacial score (nSPS) is 18.7. The number of carbonyl (C=O) groups excluding carboxylic acids is 2. The molecule has 0 atom stereocenters. The Labute approximate surface area is 338 Å². The van der Waals surface area contributed by atoms with Crippen molar-refractivity contribution in [3.8, 4) is 45.0 Å². The van der Waals surface area contributed by atoms with E-state index >= 15 is 0 Å². The second-order valence-corrected chi connectivity index (χ2v) is 16.8. The Morgan fingerprint density at radius 3 is 1.59 bits per heavy atom.